The molecule has 0 aliphatic carbocycles. The smallest absolute Gasteiger partial charge is 0.326 e. The highest BCUT2D eigenvalue weighted by Crippen LogP contribution is 2.18. The number of benzene rings is 1. The third-order valence-corrected chi connectivity index (χ3v) is 4.04. The highest BCUT2D eigenvalue weighted by molar-refractivity contribution is 5.96. The van der Waals surface area contributed by atoms with E-state index in [0.717, 1.165) is 25.7 Å². The molecule has 132 valence electrons. The Labute approximate surface area is 142 Å². The molecule has 6 nitrogen and oxygen atoms in total. The summed E-state index contributed by atoms with van der Waals surface area (Å²) in [7, 11) is 0. The van der Waals surface area contributed by atoms with Crippen molar-refractivity contribution in [2.75, 3.05) is 13.2 Å². The number of hydrogen-bond donors (Lipinski definition) is 2. The van der Waals surface area contributed by atoms with Crippen LogP contribution in [-0.2, 0) is 9.53 Å². The van der Waals surface area contributed by atoms with Gasteiger partial charge in [0.1, 0.15) is 17.9 Å². The second-order valence-corrected chi connectivity index (χ2v) is 5.96. The summed E-state index contributed by atoms with van der Waals surface area (Å²) in [6.07, 6.45) is 3.94. The maximum atomic E-state index is 12.2. The minimum absolute atomic E-state index is 0.142. The van der Waals surface area contributed by atoms with Crippen molar-refractivity contribution in [3.05, 3.63) is 29.8 Å². The lowest BCUT2D eigenvalue weighted by Gasteiger charge is -2.23. The molecule has 24 heavy (non-hydrogen) atoms. The molecule has 6 heteroatoms. The standard InChI is InChI=1S/C18H25NO5/c1-2-3-4-16(18(21)22)19-17(20)13-5-7-14(8-6-13)24-15-9-11-23-12-10-15/h5-8,15-16H,2-4,9-12H2,1H3,(H,19,20)(H,21,22). The van der Waals surface area contributed by atoms with Gasteiger partial charge in [0.05, 0.1) is 13.2 Å². The van der Waals surface area contributed by atoms with Gasteiger partial charge in [-0.15, -0.1) is 0 Å². The van der Waals surface area contributed by atoms with Crippen molar-refractivity contribution in [2.24, 2.45) is 0 Å². The third kappa shape index (κ3) is 5.53. The summed E-state index contributed by atoms with van der Waals surface area (Å²) < 4.78 is 11.1. The SMILES string of the molecule is CCCCC(NC(=O)c1ccc(OC2CCOCC2)cc1)C(=O)O. The first kappa shape index (κ1) is 18.3. The van der Waals surface area contributed by atoms with Crippen LogP contribution in [0.25, 0.3) is 0 Å². The molecule has 0 radical (unpaired) electrons. The lowest BCUT2D eigenvalue weighted by molar-refractivity contribution is -0.139. The van der Waals surface area contributed by atoms with Crippen LogP contribution in [0.5, 0.6) is 5.75 Å². The van der Waals surface area contributed by atoms with Crippen LogP contribution in [0.2, 0.25) is 0 Å². The van der Waals surface area contributed by atoms with Crippen LogP contribution in [0, 0.1) is 0 Å². The average molecular weight is 335 g/mol. The summed E-state index contributed by atoms with van der Waals surface area (Å²) >= 11 is 0. The molecule has 2 N–H and O–H groups in total. The molecule has 1 amide bonds. The highest BCUT2D eigenvalue weighted by atomic mass is 16.5. The third-order valence-electron chi connectivity index (χ3n) is 4.04. The largest absolute Gasteiger partial charge is 0.490 e. The van der Waals surface area contributed by atoms with Gasteiger partial charge in [-0.3, -0.25) is 4.79 Å². The van der Waals surface area contributed by atoms with E-state index in [2.05, 4.69) is 5.32 Å². The predicted octanol–water partition coefficient (Wildman–Crippen LogP) is 2.62. The van der Waals surface area contributed by atoms with E-state index in [4.69, 9.17) is 9.47 Å². The van der Waals surface area contributed by atoms with Gasteiger partial charge in [-0.1, -0.05) is 19.8 Å². The van der Waals surface area contributed by atoms with E-state index in [9.17, 15) is 14.7 Å². The van der Waals surface area contributed by atoms with Crippen LogP contribution in [0.1, 0.15) is 49.4 Å². The monoisotopic (exact) mass is 335 g/mol. The molecule has 1 fully saturated rings. The second kappa shape index (κ2) is 9.27. The number of unbranched alkanes of at least 4 members (excludes halogenated alkanes) is 1. The Kier molecular flexibility index (Phi) is 7.06. The molecule has 1 aromatic rings. The van der Waals surface area contributed by atoms with Crippen molar-refractivity contribution in [1.82, 2.24) is 5.32 Å². The Bertz CT molecular complexity index is 537. The first-order valence-electron chi connectivity index (χ1n) is 8.48. The molecule has 1 unspecified atom stereocenters. The van der Waals surface area contributed by atoms with Gasteiger partial charge in [-0.25, -0.2) is 4.79 Å². The van der Waals surface area contributed by atoms with Crippen molar-refractivity contribution >= 4 is 11.9 Å². The molecular weight excluding hydrogens is 310 g/mol. The summed E-state index contributed by atoms with van der Waals surface area (Å²) in [5.41, 5.74) is 0.428. The van der Waals surface area contributed by atoms with Gasteiger partial charge in [-0.2, -0.15) is 0 Å². The summed E-state index contributed by atoms with van der Waals surface area (Å²) in [4.78, 5) is 23.4. The number of rotatable bonds is 8. The normalized spacial score (nSPS) is 16.4. The zero-order chi connectivity index (χ0) is 17.4. The number of hydrogen-bond acceptors (Lipinski definition) is 4. The Morgan fingerprint density at radius 1 is 1.29 bits per heavy atom. The van der Waals surface area contributed by atoms with Gasteiger partial charge < -0.3 is 19.9 Å². The van der Waals surface area contributed by atoms with Gasteiger partial charge in [0.15, 0.2) is 0 Å². The maximum Gasteiger partial charge on any atom is 0.326 e. The van der Waals surface area contributed by atoms with Crippen LogP contribution in [-0.4, -0.2) is 42.3 Å². The molecule has 1 atom stereocenters. The molecule has 1 aliphatic rings. The first-order chi connectivity index (χ1) is 11.6. The summed E-state index contributed by atoms with van der Waals surface area (Å²) in [6, 6.07) is 5.94. The molecule has 1 heterocycles. The van der Waals surface area contributed by atoms with Crippen LogP contribution in [0.3, 0.4) is 0 Å². The number of carboxylic acids is 1. The van der Waals surface area contributed by atoms with Gasteiger partial charge in [0, 0.05) is 18.4 Å². The lowest BCUT2D eigenvalue weighted by atomic mass is 10.1. The number of amides is 1. The second-order valence-electron chi connectivity index (χ2n) is 5.96. The van der Waals surface area contributed by atoms with Crippen molar-refractivity contribution in [2.45, 2.75) is 51.2 Å². The molecule has 1 saturated heterocycles. The summed E-state index contributed by atoms with van der Waals surface area (Å²) in [5.74, 6) is -0.674. The van der Waals surface area contributed by atoms with Gasteiger partial charge in [0.25, 0.3) is 5.91 Å². The van der Waals surface area contributed by atoms with Gasteiger partial charge in [0.2, 0.25) is 0 Å². The molecule has 2 rings (SSSR count). The Morgan fingerprint density at radius 3 is 2.54 bits per heavy atom. The fourth-order valence-corrected chi connectivity index (χ4v) is 2.58. The minimum Gasteiger partial charge on any atom is -0.490 e. The van der Waals surface area contributed by atoms with Crippen molar-refractivity contribution < 1.29 is 24.2 Å². The van der Waals surface area contributed by atoms with E-state index in [1.807, 2.05) is 6.92 Å². The predicted molar refractivity (Wildman–Crippen MR) is 89.3 cm³/mol. The zero-order valence-electron chi connectivity index (χ0n) is 14.0. The van der Waals surface area contributed by atoms with Crippen LogP contribution in [0.15, 0.2) is 24.3 Å². The fraction of sp³-hybridized carbons (Fsp3) is 0.556. The van der Waals surface area contributed by atoms with Gasteiger partial charge in [-0.05, 0) is 30.7 Å². The van der Waals surface area contributed by atoms with Crippen LogP contribution >= 0.6 is 0 Å². The molecule has 0 spiro atoms. The number of ether oxygens (including phenoxy) is 2. The van der Waals surface area contributed by atoms with Gasteiger partial charge >= 0.3 is 5.97 Å². The first-order valence-corrected chi connectivity index (χ1v) is 8.48. The van der Waals surface area contributed by atoms with E-state index in [1.54, 1.807) is 24.3 Å². The van der Waals surface area contributed by atoms with Crippen LogP contribution < -0.4 is 10.1 Å². The quantitative estimate of drug-likeness (QED) is 0.763. The van der Waals surface area contributed by atoms with Crippen molar-refractivity contribution in [1.29, 1.82) is 0 Å². The molecular formula is C18H25NO5. The number of carboxylic acid groups (broad SMARTS) is 1. The van der Waals surface area contributed by atoms with Crippen molar-refractivity contribution in [3.8, 4) is 5.75 Å². The topological polar surface area (TPSA) is 84.9 Å². The molecule has 0 saturated carbocycles. The molecule has 0 bridgehead atoms. The average Bonchev–Trinajstić information content (AvgIpc) is 2.59. The van der Waals surface area contributed by atoms with E-state index in [0.29, 0.717) is 30.9 Å². The summed E-state index contributed by atoms with van der Waals surface area (Å²) in [5, 5.41) is 11.7. The number of aliphatic carboxylic acids is 1. The van der Waals surface area contributed by atoms with Crippen LogP contribution in [0.4, 0.5) is 0 Å². The zero-order valence-corrected chi connectivity index (χ0v) is 14.0. The lowest BCUT2D eigenvalue weighted by Crippen LogP contribution is -2.40. The van der Waals surface area contributed by atoms with Crippen molar-refractivity contribution in [3.63, 3.8) is 0 Å². The van der Waals surface area contributed by atoms with E-state index in [-0.39, 0.29) is 12.0 Å². The fourth-order valence-electron chi connectivity index (χ4n) is 2.58. The Hall–Kier alpha value is -2.08. The number of nitrogens with one attached hydrogen (secondary N) is 1. The Balaban J connectivity index is 1.90. The van der Waals surface area contributed by atoms with E-state index < -0.39 is 12.0 Å². The van der Waals surface area contributed by atoms with E-state index in [1.165, 1.54) is 0 Å². The number of carbonyl (C=O) groups excluding carboxylic acids is 1. The summed E-state index contributed by atoms with van der Waals surface area (Å²) in [6.45, 7) is 3.40. The molecule has 1 aliphatic heterocycles. The highest BCUT2D eigenvalue weighted by Gasteiger charge is 2.20. The minimum atomic E-state index is -1.00. The number of carbonyl (C=O) groups is 2. The molecule has 1 aromatic carbocycles. The molecule has 0 aromatic heterocycles. The van der Waals surface area contributed by atoms with E-state index >= 15 is 0 Å². The Morgan fingerprint density at radius 2 is 1.96 bits per heavy atom. The maximum absolute atomic E-state index is 12.2.